The Bertz CT molecular complexity index is 634. The summed E-state index contributed by atoms with van der Waals surface area (Å²) in [4.78, 5) is 11.8. The molecule has 130 valence electrons. The van der Waals surface area contributed by atoms with E-state index in [9.17, 15) is 9.90 Å². The summed E-state index contributed by atoms with van der Waals surface area (Å²) in [7, 11) is 0. The first kappa shape index (κ1) is 15.4. The van der Waals surface area contributed by atoms with Gasteiger partial charge in [-0.05, 0) is 86.5 Å². The average Bonchev–Trinajstić information content (AvgIpc) is 3.36. The lowest BCUT2D eigenvalue weighted by atomic mass is 9.48. The van der Waals surface area contributed by atoms with E-state index >= 15 is 0 Å². The molecule has 0 aromatic heterocycles. The SMILES string of the molecule is C=C[C@]1(O)[C@@H]2C[C@@H]2[C@H]2[C@@H]3CCC4=CC(=O)CC[C@@H]4[C@H]3CC[C@@]21CC. The maximum Gasteiger partial charge on any atom is 0.155 e. The van der Waals surface area contributed by atoms with Crippen molar-refractivity contribution in [1.82, 2.24) is 0 Å². The average molecular weight is 326 g/mol. The standard InChI is InChI=1S/C22H30O2/c1-3-21-10-9-16-15-8-6-14(23)11-13(15)5-7-17(16)20(21)18-12-19(18)22(21,24)4-2/h4,11,15-20,24H,2-3,5-10,12H2,1H3/t15-,16+,17+,18-,19+,20+,21-,22-/m0/s1. The summed E-state index contributed by atoms with van der Waals surface area (Å²) < 4.78 is 0. The van der Waals surface area contributed by atoms with Crippen LogP contribution in [0.3, 0.4) is 0 Å². The van der Waals surface area contributed by atoms with E-state index in [2.05, 4.69) is 13.5 Å². The number of aliphatic hydroxyl groups is 1. The van der Waals surface area contributed by atoms with Crippen molar-refractivity contribution in [3.05, 3.63) is 24.3 Å². The van der Waals surface area contributed by atoms with Gasteiger partial charge in [-0.1, -0.05) is 18.6 Å². The highest BCUT2D eigenvalue weighted by Gasteiger charge is 2.75. The molecule has 0 bridgehead atoms. The smallest absolute Gasteiger partial charge is 0.155 e. The van der Waals surface area contributed by atoms with Gasteiger partial charge in [-0.15, -0.1) is 6.58 Å². The van der Waals surface area contributed by atoms with Crippen molar-refractivity contribution < 1.29 is 9.90 Å². The third-order valence-electron chi connectivity index (χ3n) is 8.99. The molecule has 24 heavy (non-hydrogen) atoms. The molecule has 2 nitrogen and oxygen atoms in total. The van der Waals surface area contributed by atoms with E-state index in [1.807, 2.05) is 12.2 Å². The fraction of sp³-hybridized carbons (Fsp3) is 0.773. The van der Waals surface area contributed by atoms with E-state index in [-0.39, 0.29) is 5.41 Å². The highest BCUT2D eigenvalue weighted by Crippen LogP contribution is 2.77. The molecule has 0 radical (unpaired) electrons. The number of fused-ring (bicyclic) bond motifs is 7. The topological polar surface area (TPSA) is 37.3 Å². The molecule has 2 heteroatoms. The molecule has 4 fully saturated rings. The van der Waals surface area contributed by atoms with Crippen LogP contribution < -0.4 is 0 Å². The molecule has 0 aromatic rings. The highest BCUT2D eigenvalue weighted by atomic mass is 16.3. The summed E-state index contributed by atoms with van der Waals surface area (Å²) in [6, 6.07) is 0. The fourth-order valence-corrected chi connectivity index (χ4v) is 8.06. The van der Waals surface area contributed by atoms with Crippen LogP contribution in [0.1, 0.15) is 58.3 Å². The van der Waals surface area contributed by atoms with Crippen molar-refractivity contribution >= 4 is 5.78 Å². The maximum atomic E-state index is 11.8. The lowest BCUT2D eigenvalue weighted by Gasteiger charge is -2.58. The molecule has 0 spiro atoms. The van der Waals surface area contributed by atoms with E-state index in [1.165, 1.54) is 24.8 Å². The normalized spacial score (nSPS) is 54.9. The molecular weight excluding hydrogens is 296 g/mol. The van der Waals surface area contributed by atoms with Crippen LogP contribution >= 0.6 is 0 Å². The third-order valence-corrected chi connectivity index (χ3v) is 8.99. The molecule has 4 saturated carbocycles. The van der Waals surface area contributed by atoms with Crippen molar-refractivity contribution in [2.75, 3.05) is 0 Å². The van der Waals surface area contributed by atoms with E-state index < -0.39 is 5.60 Å². The van der Waals surface area contributed by atoms with Gasteiger partial charge in [-0.25, -0.2) is 0 Å². The Morgan fingerprint density at radius 3 is 2.83 bits per heavy atom. The van der Waals surface area contributed by atoms with Crippen LogP contribution in [0.25, 0.3) is 0 Å². The van der Waals surface area contributed by atoms with Gasteiger partial charge in [-0.2, -0.15) is 0 Å². The van der Waals surface area contributed by atoms with Gasteiger partial charge in [0, 0.05) is 11.8 Å². The summed E-state index contributed by atoms with van der Waals surface area (Å²) in [6.45, 7) is 6.35. The van der Waals surface area contributed by atoms with Crippen LogP contribution in [0.4, 0.5) is 0 Å². The van der Waals surface area contributed by atoms with Crippen molar-refractivity contribution in [3.63, 3.8) is 0 Å². The minimum Gasteiger partial charge on any atom is -0.385 e. The Balaban J connectivity index is 1.53. The second-order valence-corrected chi connectivity index (χ2v) is 9.31. The van der Waals surface area contributed by atoms with Crippen molar-refractivity contribution in [1.29, 1.82) is 0 Å². The first-order chi connectivity index (χ1) is 11.6. The van der Waals surface area contributed by atoms with Gasteiger partial charge in [0.2, 0.25) is 0 Å². The fourth-order valence-electron chi connectivity index (χ4n) is 8.06. The number of carbonyl (C=O) groups is 1. The largest absolute Gasteiger partial charge is 0.385 e. The van der Waals surface area contributed by atoms with Crippen LogP contribution in [0, 0.1) is 40.9 Å². The van der Waals surface area contributed by atoms with Crippen LogP contribution in [0.2, 0.25) is 0 Å². The number of allylic oxidation sites excluding steroid dienone is 1. The summed E-state index contributed by atoms with van der Waals surface area (Å²) in [5, 5.41) is 11.5. The van der Waals surface area contributed by atoms with Crippen LogP contribution in [0.15, 0.2) is 24.3 Å². The summed E-state index contributed by atoms with van der Waals surface area (Å²) in [5.41, 5.74) is 0.913. The van der Waals surface area contributed by atoms with Crippen LogP contribution in [-0.4, -0.2) is 16.5 Å². The molecule has 0 unspecified atom stereocenters. The quantitative estimate of drug-likeness (QED) is 0.769. The molecule has 8 atom stereocenters. The first-order valence-corrected chi connectivity index (χ1v) is 10.1. The van der Waals surface area contributed by atoms with E-state index in [0.29, 0.717) is 23.5 Å². The van der Waals surface area contributed by atoms with E-state index in [4.69, 9.17) is 0 Å². The monoisotopic (exact) mass is 326 g/mol. The maximum absolute atomic E-state index is 11.8. The minimum atomic E-state index is -0.624. The molecule has 0 aliphatic heterocycles. The molecule has 0 aromatic carbocycles. The summed E-state index contributed by atoms with van der Waals surface area (Å²) >= 11 is 0. The molecule has 1 N–H and O–H groups in total. The van der Waals surface area contributed by atoms with E-state index in [1.54, 1.807) is 0 Å². The molecule has 5 aliphatic carbocycles. The molecule has 5 rings (SSSR count). The second kappa shape index (κ2) is 4.84. The van der Waals surface area contributed by atoms with Gasteiger partial charge >= 0.3 is 0 Å². The predicted octanol–water partition coefficient (Wildman–Crippen LogP) is 4.29. The van der Waals surface area contributed by atoms with E-state index in [0.717, 1.165) is 49.9 Å². The number of hydrogen-bond acceptors (Lipinski definition) is 2. The zero-order valence-corrected chi connectivity index (χ0v) is 14.8. The predicted molar refractivity (Wildman–Crippen MR) is 94.2 cm³/mol. The first-order valence-electron chi connectivity index (χ1n) is 10.1. The Morgan fingerprint density at radius 1 is 1.25 bits per heavy atom. The Hall–Kier alpha value is -0.890. The summed E-state index contributed by atoms with van der Waals surface area (Å²) in [5.74, 6) is 4.43. The number of carbonyl (C=O) groups excluding carboxylic acids is 1. The number of ketones is 1. The molecule has 5 aliphatic rings. The molecule has 0 saturated heterocycles. The number of hydrogen-bond donors (Lipinski definition) is 1. The van der Waals surface area contributed by atoms with Gasteiger partial charge < -0.3 is 5.11 Å². The van der Waals surface area contributed by atoms with Crippen molar-refractivity contribution in [3.8, 4) is 0 Å². The van der Waals surface area contributed by atoms with Crippen LogP contribution in [0.5, 0.6) is 0 Å². The zero-order chi connectivity index (χ0) is 16.7. The van der Waals surface area contributed by atoms with Gasteiger partial charge in [0.25, 0.3) is 0 Å². The van der Waals surface area contributed by atoms with Crippen molar-refractivity contribution in [2.45, 2.75) is 63.9 Å². The van der Waals surface area contributed by atoms with Gasteiger partial charge in [0.15, 0.2) is 5.78 Å². The Morgan fingerprint density at radius 2 is 2.08 bits per heavy atom. The van der Waals surface area contributed by atoms with Gasteiger partial charge in [-0.3, -0.25) is 4.79 Å². The van der Waals surface area contributed by atoms with Crippen LogP contribution in [-0.2, 0) is 4.79 Å². The van der Waals surface area contributed by atoms with Gasteiger partial charge in [0.1, 0.15) is 0 Å². The molecule has 0 heterocycles. The van der Waals surface area contributed by atoms with Gasteiger partial charge in [0.05, 0.1) is 5.60 Å². The number of rotatable bonds is 2. The third kappa shape index (κ3) is 1.64. The zero-order valence-electron chi connectivity index (χ0n) is 14.8. The minimum absolute atomic E-state index is 0.0786. The molecular formula is C22H30O2. The van der Waals surface area contributed by atoms with Crippen molar-refractivity contribution in [2.24, 2.45) is 40.9 Å². The summed E-state index contributed by atoms with van der Waals surface area (Å²) in [6.07, 6.45) is 12.8. The Labute approximate surface area is 145 Å². The second-order valence-electron chi connectivity index (χ2n) is 9.31. The lowest BCUT2D eigenvalue weighted by Crippen LogP contribution is -2.55. The molecule has 0 amide bonds. The highest BCUT2D eigenvalue weighted by molar-refractivity contribution is 5.91. The lowest BCUT2D eigenvalue weighted by molar-refractivity contribution is -0.127. The Kier molecular flexibility index (Phi) is 3.10.